The average Bonchev–Trinajstić information content (AvgIpc) is 2.59. The molecule has 4 nitrogen and oxygen atoms in total. The quantitative estimate of drug-likeness (QED) is 0.865. The van der Waals surface area contributed by atoms with Crippen LogP contribution in [0.4, 0.5) is 0 Å². The number of halogens is 1. The van der Waals surface area contributed by atoms with Crippen LogP contribution in [0.2, 0.25) is 5.02 Å². The molecule has 1 aromatic carbocycles. The molecule has 0 aromatic heterocycles. The zero-order valence-corrected chi connectivity index (χ0v) is 12.1. The Kier molecular flexibility index (Phi) is 4.44. The van der Waals surface area contributed by atoms with Crippen molar-refractivity contribution in [2.75, 3.05) is 0 Å². The minimum atomic E-state index is -1.01. The highest BCUT2D eigenvalue weighted by molar-refractivity contribution is 8.24. The number of rotatable bonds is 4. The maximum atomic E-state index is 12.1. The van der Waals surface area contributed by atoms with Gasteiger partial charge in [0.2, 0.25) is 5.91 Å². The van der Waals surface area contributed by atoms with Gasteiger partial charge >= 0.3 is 5.97 Å². The van der Waals surface area contributed by atoms with Gasteiger partial charge in [-0.25, -0.2) is 0 Å². The van der Waals surface area contributed by atoms with Gasteiger partial charge in [0.15, 0.2) is 0 Å². The second-order valence-corrected chi connectivity index (χ2v) is 6.23. The Morgan fingerprint density at radius 1 is 1.47 bits per heavy atom. The summed E-state index contributed by atoms with van der Waals surface area (Å²) in [6, 6.07) is 7.18. The minimum absolute atomic E-state index is 0.220. The predicted octanol–water partition coefficient (Wildman–Crippen LogP) is 2.54. The molecular weight excluding hydrogens is 306 g/mol. The van der Waals surface area contributed by atoms with Gasteiger partial charge < -0.3 is 5.11 Å². The fourth-order valence-corrected chi connectivity index (χ4v) is 3.40. The third-order valence-corrected chi connectivity index (χ3v) is 4.60. The van der Waals surface area contributed by atoms with Gasteiger partial charge in [-0.3, -0.25) is 14.5 Å². The molecule has 1 aromatic rings. The molecule has 19 heavy (non-hydrogen) atoms. The van der Waals surface area contributed by atoms with Gasteiger partial charge in [-0.2, -0.15) is 0 Å². The number of hydrogen-bond acceptors (Lipinski definition) is 4. The van der Waals surface area contributed by atoms with Crippen LogP contribution < -0.4 is 0 Å². The number of thioether (sulfide) groups is 1. The largest absolute Gasteiger partial charge is 0.481 e. The molecule has 2 rings (SSSR count). The Balaban J connectivity index is 2.13. The van der Waals surface area contributed by atoms with Gasteiger partial charge in [0.05, 0.1) is 13.0 Å². The van der Waals surface area contributed by atoms with E-state index >= 15 is 0 Å². The van der Waals surface area contributed by atoms with Crippen LogP contribution in [-0.2, 0) is 16.1 Å². The summed E-state index contributed by atoms with van der Waals surface area (Å²) >= 11 is 12.3. The van der Waals surface area contributed by atoms with Crippen LogP contribution in [-0.4, -0.2) is 31.5 Å². The summed E-state index contributed by atoms with van der Waals surface area (Å²) in [5, 5.41) is 8.68. The molecule has 1 unspecified atom stereocenters. The zero-order chi connectivity index (χ0) is 14.0. The summed E-state index contributed by atoms with van der Waals surface area (Å²) in [5.41, 5.74) is 0.788. The van der Waals surface area contributed by atoms with Crippen LogP contribution in [0.25, 0.3) is 0 Å². The number of nitrogens with zero attached hydrogens (tertiary/aromatic N) is 1. The molecule has 0 bridgehead atoms. The summed E-state index contributed by atoms with van der Waals surface area (Å²) in [6.07, 6.45) is -0.220. The maximum absolute atomic E-state index is 12.1. The van der Waals surface area contributed by atoms with Crippen LogP contribution in [0.15, 0.2) is 24.3 Å². The molecule has 100 valence electrons. The first-order valence-corrected chi connectivity index (χ1v) is 7.13. The number of amides is 1. The van der Waals surface area contributed by atoms with E-state index in [0.29, 0.717) is 9.34 Å². The van der Waals surface area contributed by atoms with Gasteiger partial charge in [-0.15, -0.1) is 0 Å². The van der Waals surface area contributed by atoms with Crippen molar-refractivity contribution in [1.29, 1.82) is 0 Å². The molecule has 0 spiro atoms. The second kappa shape index (κ2) is 5.90. The Labute approximate surface area is 124 Å². The first kappa shape index (κ1) is 14.3. The van der Waals surface area contributed by atoms with Crippen LogP contribution in [0, 0.1) is 0 Å². The maximum Gasteiger partial charge on any atom is 0.305 e. The lowest BCUT2D eigenvalue weighted by molar-refractivity contribution is -0.139. The van der Waals surface area contributed by atoms with E-state index in [2.05, 4.69) is 0 Å². The highest BCUT2D eigenvalue weighted by atomic mass is 35.5. The lowest BCUT2D eigenvalue weighted by atomic mass is 10.2. The Morgan fingerprint density at radius 3 is 2.79 bits per heavy atom. The van der Waals surface area contributed by atoms with E-state index in [4.69, 9.17) is 28.9 Å². The molecule has 1 aliphatic heterocycles. The molecule has 1 aliphatic rings. The van der Waals surface area contributed by atoms with Crippen molar-refractivity contribution >= 4 is 51.8 Å². The topological polar surface area (TPSA) is 57.6 Å². The SMILES string of the molecule is O=C(O)CC1SC(=S)N(Cc2ccccc2Cl)C1=O. The number of thiocarbonyl (C=S) groups is 1. The molecule has 0 aliphatic carbocycles. The van der Waals surface area contributed by atoms with E-state index in [1.54, 1.807) is 12.1 Å². The van der Waals surface area contributed by atoms with Crippen molar-refractivity contribution in [3.63, 3.8) is 0 Å². The number of carboxylic acids is 1. The van der Waals surface area contributed by atoms with Crippen LogP contribution in [0.5, 0.6) is 0 Å². The van der Waals surface area contributed by atoms with Gasteiger partial charge in [0, 0.05) is 5.02 Å². The van der Waals surface area contributed by atoms with Crippen molar-refractivity contribution in [1.82, 2.24) is 4.90 Å². The number of aliphatic carboxylic acids is 1. The molecule has 0 saturated carbocycles. The van der Waals surface area contributed by atoms with Crippen LogP contribution in [0.3, 0.4) is 0 Å². The fraction of sp³-hybridized carbons (Fsp3) is 0.250. The van der Waals surface area contributed by atoms with Gasteiger partial charge in [0.1, 0.15) is 9.57 Å². The van der Waals surface area contributed by atoms with Crippen molar-refractivity contribution in [2.24, 2.45) is 0 Å². The van der Waals surface area contributed by atoms with Crippen LogP contribution in [0.1, 0.15) is 12.0 Å². The second-order valence-electron chi connectivity index (χ2n) is 3.99. The first-order chi connectivity index (χ1) is 8.99. The number of carboxylic acid groups (broad SMARTS) is 1. The molecule has 1 fully saturated rings. The summed E-state index contributed by atoms with van der Waals surface area (Å²) in [4.78, 5) is 24.2. The molecule has 1 N–H and O–H groups in total. The highest BCUT2D eigenvalue weighted by Crippen LogP contribution is 2.31. The number of hydrogen-bond donors (Lipinski definition) is 1. The molecule has 1 heterocycles. The summed E-state index contributed by atoms with van der Waals surface area (Å²) in [7, 11) is 0. The minimum Gasteiger partial charge on any atom is -0.481 e. The normalized spacial score (nSPS) is 19.0. The van der Waals surface area contributed by atoms with Crippen LogP contribution >= 0.6 is 35.6 Å². The Morgan fingerprint density at radius 2 is 2.16 bits per heavy atom. The van der Waals surface area contributed by atoms with E-state index in [0.717, 1.165) is 17.3 Å². The number of carbonyl (C=O) groups excluding carboxylic acids is 1. The number of carbonyl (C=O) groups is 2. The predicted molar refractivity (Wildman–Crippen MR) is 78.2 cm³/mol. The van der Waals surface area contributed by atoms with Gasteiger partial charge in [-0.05, 0) is 11.6 Å². The lowest BCUT2D eigenvalue weighted by Gasteiger charge is -2.16. The standard InChI is InChI=1S/C12H10ClNO3S2/c13-8-4-2-1-3-7(8)6-14-11(17)9(5-10(15)16)19-12(14)18/h1-4,9H,5-6H2,(H,15,16). The first-order valence-electron chi connectivity index (χ1n) is 5.46. The molecule has 7 heteroatoms. The Bertz CT molecular complexity index is 550. The molecule has 1 atom stereocenters. The third kappa shape index (κ3) is 3.26. The van der Waals surface area contributed by atoms with E-state index in [1.165, 1.54) is 4.90 Å². The number of benzene rings is 1. The van der Waals surface area contributed by atoms with E-state index in [1.807, 2.05) is 12.1 Å². The highest BCUT2D eigenvalue weighted by Gasteiger charge is 2.38. The summed E-state index contributed by atoms with van der Waals surface area (Å²) < 4.78 is 0.399. The molecule has 1 amide bonds. The van der Waals surface area contributed by atoms with Gasteiger partial charge in [0.25, 0.3) is 0 Å². The summed E-state index contributed by atoms with van der Waals surface area (Å²) in [6.45, 7) is 0.278. The van der Waals surface area contributed by atoms with Crippen molar-refractivity contribution in [2.45, 2.75) is 18.2 Å². The smallest absolute Gasteiger partial charge is 0.305 e. The molecule has 1 saturated heterocycles. The average molecular weight is 316 g/mol. The Hall–Kier alpha value is -1.11. The third-order valence-electron chi connectivity index (χ3n) is 2.65. The van der Waals surface area contributed by atoms with Crippen molar-refractivity contribution in [3.05, 3.63) is 34.9 Å². The lowest BCUT2D eigenvalue weighted by Crippen LogP contribution is -2.31. The van der Waals surface area contributed by atoms with E-state index < -0.39 is 11.2 Å². The molecular formula is C12H10ClNO3S2. The summed E-state index contributed by atoms with van der Waals surface area (Å²) in [5.74, 6) is -1.27. The van der Waals surface area contributed by atoms with Crippen molar-refractivity contribution < 1.29 is 14.7 Å². The van der Waals surface area contributed by atoms with Crippen molar-refractivity contribution in [3.8, 4) is 0 Å². The zero-order valence-electron chi connectivity index (χ0n) is 9.71. The van der Waals surface area contributed by atoms with E-state index in [-0.39, 0.29) is 18.9 Å². The monoisotopic (exact) mass is 315 g/mol. The molecule has 0 radical (unpaired) electrons. The van der Waals surface area contributed by atoms with E-state index in [9.17, 15) is 9.59 Å². The van der Waals surface area contributed by atoms with Gasteiger partial charge in [-0.1, -0.05) is 53.8 Å². The fourth-order valence-electron chi connectivity index (χ4n) is 1.73.